The fourth-order valence-electron chi connectivity index (χ4n) is 3.86. The molecule has 5 nitrogen and oxygen atoms in total. The number of carbonyl (C=O) groups excluding carboxylic acids is 2. The summed E-state index contributed by atoms with van der Waals surface area (Å²) in [5, 5.41) is 0. The van der Waals surface area contributed by atoms with Gasteiger partial charge in [0.25, 0.3) is 0 Å². The van der Waals surface area contributed by atoms with Gasteiger partial charge in [0.05, 0.1) is 19.1 Å². The predicted octanol–water partition coefficient (Wildman–Crippen LogP) is 6.74. The maximum atomic E-state index is 12.2. The quantitative estimate of drug-likeness (QED) is 0.203. The Labute approximate surface area is 185 Å². The molecular formula is C25H47NO4. The number of carbonyl (C=O) groups is 2. The van der Waals surface area contributed by atoms with Gasteiger partial charge >= 0.3 is 12.1 Å². The summed E-state index contributed by atoms with van der Waals surface area (Å²) in [5.41, 5.74) is 0. The van der Waals surface area contributed by atoms with Gasteiger partial charge in [-0.2, -0.15) is 0 Å². The van der Waals surface area contributed by atoms with E-state index in [-0.39, 0.29) is 18.0 Å². The fraction of sp³-hybridized carbons (Fsp3) is 0.920. The highest BCUT2D eigenvalue weighted by atomic mass is 16.6. The standard InChI is InChI=1S/C25H47NO4/c1-4-5-6-7-8-9-10-11-12-13-14-15-20-29-24(27)23-16-18-26(19-17-23)25(28)30-21-22(2)3/h22-23H,4-21H2,1-3H3. The molecule has 1 saturated heterocycles. The van der Waals surface area contributed by atoms with Crippen molar-refractivity contribution in [3.63, 3.8) is 0 Å². The minimum Gasteiger partial charge on any atom is -0.465 e. The summed E-state index contributed by atoms with van der Waals surface area (Å²) in [6.07, 6.45) is 16.7. The second-order valence-corrected chi connectivity index (χ2v) is 9.29. The van der Waals surface area contributed by atoms with Crippen LogP contribution in [0.4, 0.5) is 4.79 Å². The molecule has 1 aliphatic heterocycles. The zero-order valence-electron chi connectivity index (χ0n) is 20.0. The minimum absolute atomic E-state index is 0.0727. The maximum absolute atomic E-state index is 12.2. The lowest BCUT2D eigenvalue weighted by Crippen LogP contribution is -2.41. The first-order valence-corrected chi connectivity index (χ1v) is 12.6. The molecule has 1 aliphatic rings. The predicted molar refractivity (Wildman–Crippen MR) is 123 cm³/mol. The molecule has 0 aromatic carbocycles. The summed E-state index contributed by atoms with van der Waals surface area (Å²) < 4.78 is 10.7. The van der Waals surface area contributed by atoms with Gasteiger partial charge in [-0.25, -0.2) is 4.79 Å². The van der Waals surface area contributed by atoms with Gasteiger partial charge in [0.1, 0.15) is 0 Å². The number of esters is 1. The molecule has 176 valence electrons. The summed E-state index contributed by atoms with van der Waals surface area (Å²) in [6, 6.07) is 0. The summed E-state index contributed by atoms with van der Waals surface area (Å²) in [5.74, 6) is 0.173. The molecule has 0 N–H and O–H groups in total. The van der Waals surface area contributed by atoms with E-state index in [0.29, 0.717) is 45.1 Å². The van der Waals surface area contributed by atoms with Gasteiger partial charge in [-0.3, -0.25) is 4.79 Å². The lowest BCUT2D eigenvalue weighted by molar-refractivity contribution is -0.150. The third-order valence-electron chi connectivity index (χ3n) is 5.87. The molecule has 0 radical (unpaired) electrons. The van der Waals surface area contributed by atoms with Crippen LogP contribution < -0.4 is 0 Å². The monoisotopic (exact) mass is 425 g/mol. The lowest BCUT2D eigenvalue weighted by atomic mass is 9.97. The lowest BCUT2D eigenvalue weighted by Gasteiger charge is -2.30. The summed E-state index contributed by atoms with van der Waals surface area (Å²) >= 11 is 0. The van der Waals surface area contributed by atoms with Gasteiger partial charge in [-0.05, 0) is 25.2 Å². The number of rotatable bonds is 16. The second kappa shape index (κ2) is 17.4. The van der Waals surface area contributed by atoms with Crippen molar-refractivity contribution in [3.8, 4) is 0 Å². The minimum atomic E-state index is -0.257. The number of amides is 1. The molecule has 0 aliphatic carbocycles. The Morgan fingerprint density at radius 2 is 1.30 bits per heavy atom. The van der Waals surface area contributed by atoms with Crippen molar-refractivity contribution in [1.29, 1.82) is 0 Å². The van der Waals surface area contributed by atoms with E-state index >= 15 is 0 Å². The number of piperidine rings is 1. The van der Waals surface area contributed by atoms with Gasteiger partial charge in [0.15, 0.2) is 0 Å². The maximum Gasteiger partial charge on any atom is 0.409 e. The second-order valence-electron chi connectivity index (χ2n) is 9.29. The molecule has 1 fully saturated rings. The average Bonchev–Trinajstić information content (AvgIpc) is 2.75. The number of hydrogen-bond donors (Lipinski definition) is 0. The molecule has 1 heterocycles. The topological polar surface area (TPSA) is 55.8 Å². The largest absolute Gasteiger partial charge is 0.465 e. The normalized spacial score (nSPS) is 14.9. The Hall–Kier alpha value is -1.26. The van der Waals surface area contributed by atoms with Crippen molar-refractivity contribution in [1.82, 2.24) is 4.90 Å². The zero-order valence-corrected chi connectivity index (χ0v) is 20.0. The summed E-state index contributed by atoms with van der Waals surface area (Å²) in [7, 11) is 0. The molecule has 1 rings (SSSR count). The van der Waals surface area contributed by atoms with Crippen molar-refractivity contribution in [2.24, 2.45) is 11.8 Å². The van der Waals surface area contributed by atoms with Gasteiger partial charge < -0.3 is 14.4 Å². The Morgan fingerprint density at radius 3 is 1.80 bits per heavy atom. The Kier molecular flexibility index (Phi) is 15.6. The van der Waals surface area contributed by atoms with Crippen LogP contribution in [0.3, 0.4) is 0 Å². The van der Waals surface area contributed by atoms with Crippen LogP contribution >= 0.6 is 0 Å². The van der Waals surface area contributed by atoms with Crippen LogP contribution in [0, 0.1) is 11.8 Å². The molecule has 0 aromatic rings. The fourth-order valence-corrected chi connectivity index (χ4v) is 3.86. The summed E-state index contributed by atoms with van der Waals surface area (Å²) in [4.78, 5) is 25.9. The first-order chi connectivity index (χ1) is 14.5. The van der Waals surface area contributed by atoms with Gasteiger partial charge in [-0.15, -0.1) is 0 Å². The molecule has 0 bridgehead atoms. The molecule has 0 saturated carbocycles. The van der Waals surface area contributed by atoms with E-state index in [1.165, 1.54) is 64.2 Å². The van der Waals surface area contributed by atoms with E-state index in [0.717, 1.165) is 12.8 Å². The average molecular weight is 426 g/mol. The molecule has 0 spiro atoms. The molecule has 30 heavy (non-hydrogen) atoms. The Bertz CT molecular complexity index is 444. The highest BCUT2D eigenvalue weighted by Crippen LogP contribution is 2.20. The summed E-state index contributed by atoms with van der Waals surface area (Å²) in [6.45, 7) is 8.44. The van der Waals surface area contributed by atoms with E-state index in [1.807, 2.05) is 13.8 Å². The smallest absolute Gasteiger partial charge is 0.409 e. The zero-order chi connectivity index (χ0) is 22.0. The Balaban J connectivity index is 1.94. The molecule has 0 aromatic heterocycles. The van der Waals surface area contributed by atoms with Crippen molar-refractivity contribution in [3.05, 3.63) is 0 Å². The molecule has 0 atom stereocenters. The highest BCUT2D eigenvalue weighted by molar-refractivity contribution is 5.73. The Morgan fingerprint density at radius 1 is 0.800 bits per heavy atom. The number of nitrogens with zero attached hydrogens (tertiary/aromatic N) is 1. The van der Waals surface area contributed by atoms with Crippen molar-refractivity contribution < 1.29 is 19.1 Å². The van der Waals surface area contributed by atoms with Crippen LogP contribution in [0.25, 0.3) is 0 Å². The number of unbranched alkanes of at least 4 members (excludes halogenated alkanes) is 11. The van der Waals surface area contributed by atoms with Crippen molar-refractivity contribution >= 4 is 12.1 Å². The van der Waals surface area contributed by atoms with E-state index < -0.39 is 0 Å². The highest BCUT2D eigenvalue weighted by Gasteiger charge is 2.29. The van der Waals surface area contributed by atoms with Crippen molar-refractivity contribution in [2.75, 3.05) is 26.3 Å². The van der Waals surface area contributed by atoms with Crippen LogP contribution in [0.2, 0.25) is 0 Å². The van der Waals surface area contributed by atoms with E-state index in [4.69, 9.17) is 9.47 Å². The molecule has 1 amide bonds. The van der Waals surface area contributed by atoms with Crippen LogP contribution in [0.1, 0.15) is 111 Å². The van der Waals surface area contributed by atoms with E-state index in [2.05, 4.69) is 6.92 Å². The molecule has 0 unspecified atom stereocenters. The molecular weight excluding hydrogens is 378 g/mol. The first-order valence-electron chi connectivity index (χ1n) is 12.6. The third-order valence-corrected chi connectivity index (χ3v) is 5.87. The third kappa shape index (κ3) is 13.1. The van der Waals surface area contributed by atoms with Crippen LogP contribution in [0.5, 0.6) is 0 Å². The first kappa shape index (κ1) is 26.8. The van der Waals surface area contributed by atoms with Crippen LogP contribution in [0.15, 0.2) is 0 Å². The SMILES string of the molecule is CCCCCCCCCCCCCCOC(=O)C1CCN(C(=O)OCC(C)C)CC1. The number of hydrogen-bond acceptors (Lipinski definition) is 4. The van der Waals surface area contributed by atoms with E-state index in [9.17, 15) is 9.59 Å². The van der Waals surface area contributed by atoms with Gasteiger partial charge in [0, 0.05) is 13.1 Å². The van der Waals surface area contributed by atoms with E-state index in [1.54, 1.807) is 4.90 Å². The number of ether oxygens (including phenoxy) is 2. The van der Waals surface area contributed by atoms with Crippen LogP contribution in [-0.2, 0) is 14.3 Å². The van der Waals surface area contributed by atoms with Crippen molar-refractivity contribution in [2.45, 2.75) is 111 Å². The van der Waals surface area contributed by atoms with Gasteiger partial charge in [-0.1, -0.05) is 91.4 Å². The van der Waals surface area contributed by atoms with Crippen LogP contribution in [-0.4, -0.2) is 43.3 Å². The number of likely N-dealkylation sites (tertiary alicyclic amines) is 1. The van der Waals surface area contributed by atoms with Gasteiger partial charge in [0.2, 0.25) is 0 Å². The molecule has 5 heteroatoms.